The maximum absolute atomic E-state index is 6.25. The molecule has 2 aromatic carbocycles. The first kappa shape index (κ1) is 20.6. The minimum Gasteiger partial charge on any atom is -0.459 e. The Balaban J connectivity index is 0.000000516. The normalized spacial score (nSPS) is 18.7. The van der Waals surface area contributed by atoms with Gasteiger partial charge >= 0.3 is 0 Å². The Kier molecular flexibility index (Phi) is 7.31. The summed E-state index contributed by atoms with van der Waals surface area (Å²) in [7, 11) is 3.41. The largest absolute Gasteiger partial charge is 0.459 e. The number of methoxy groups -OCH3 is 2. The summed E-state index contributed by atoms with van der Waals surface area (Å²) in [6.45, 7) is 5.65. The molecule has 2 aromatic rings. The first-order chi connectivity index (χ1) is 13.7. The molecule has 2 atom stereocenters. The van der Waals surface area contributed by atoms with E-state index in [0.29, 0.717) is 0 Å². The van der Waals surface area contributed by atoms with Crippen molar-refractivity contribution in [2.45, 2.75) is 45.7 Å². The van der Waals surface area contributed by atoms with E-state index in [0.717, 1.165) is 55.1 Å². The van der Waals surface area contributed by atoms with Crippen LogP contribution in [0.4, 0.5) is 0 Å². The van der Waals surface area contributed by atoms with Crippen LogP contribution in [0.15, 0.2) is 36.4 Å². The lowest BCUT2D eigenvalue weighted by molar-refractivity contribution is -0.228. The fraction of sp³-hybridized carbons (Fsp3) is 0.478. The summed E-state index contributed by atoms with van der Waals surface area (Å²) in [5.41, 5.74) is 4.32. The van der Waals surface area contributed by atoms with Crippen LogP contribution in [0.1, 0.15) is 55.1 Å². The summed E-state index contributed by atoms with van der Waals surface area (Å²) in [5.74, 6) is 1.82. The quantitative estimate of drug-likeness (QED) is 0.655. The van der Waals surface area contributed by atoms with E-state index in [9.17, 15) is 0 Å². The van der Waals surface area contributed by atoms with Crippen LogP contribution in [0.3, 0.4) is 0 Å². The molecule has 2 aliphatic rings. The molecule has 0 radical (unpaired) electrons. The third kappa shape index (κ3) is 4.32. The van der Waals surface area contributed by atoms with E-state index in [1.807, 2.05) is 31.2 Å². The van der Waals surface area contributed by atoms with E-state index < -0.39 is 12.6 Å². The highest BCUT2D eigenvalue weighted by Crippen LogP contribution is 2.49. The molecular weight excluding hydrogens is 356 g/mol. The molecule has 5 heteroatoms. The molecule has 0 saturated heterocycles. The van der Waals surface area contributed by atoms with Crippen molar-refractivity contribution in [2.24, 2.45) is 0 Å². The van der Waals surface area contributed by atoms with Crippen molar-refractivity contribution in [1.82, 2.24) is 0 Å². The molecule has 2 unspecified atom stereocenters. The molecule has 2 heterocycles. The molecule has 0 fully saturated rings. The Morgan fingerprint density at radius 1 is 0.821 bits per heavy atom. The summed E-state index contributed by atoms with van der Waals surface area (Å²) in [6, 6.07) is 12.3. The van der Waals surface area contributed by atoms with Gasteiger partial charge < -0.3 is 18.9 Å². The second-order valence-electron chi connectivity index (χ2n) is 6.73. The highest BCUT2D eigenvalue weighted by Gasteiger charge is 2.39. The summed E-state index contributed by atoms with van der Waals surface area (Å²) in [4.78, 5) is 0. The predicted molar refractivity (Wildman–Crippen MR) is 108 cm³/mol. The molecule has 152 valence electrons. The van der Waals surface area contributed by atoms with Gasteiger partial charge in [-0.2, -0.15) is 0 Å². The molecule has 0 saturated carbocycles. The fourth-order valence-corrected chi connectivity index (χ4v) is 3.41. The zero-order chi connectivity index (χ0) is 19.9. The van der Waals surface area contributed by atoms with Gasteiger partial charge in [0.2, 0.25) is 12.6 Å². The number of ether oxygens (including phenoxy) is 5. The van der Waals surface area contributed by atoms with Crippen LogP contribution in [-0.4, -0.2) is 27.4 Å². The summed E-state index contributed by atoms with van der Waals surface area (Å²) >= 11 is 0. The molecule has 4 rings (SSSR count). The lowest BCUT2D eigenvalue weighted by Crippen LogP contribution is -2.31. The monoisotopic (exact) mass is 386 g/mol. The van der Waals surface area contributed by atoms with Crippen LogP contribution >= 0.6 is 0 Å². The molecular formula is C23H30O5. The van der Waals surface area contributed by atoms with Crippen molar-refractivity contribution in [3.05, 3.63) is 58.7 Å². The smallest absolute Gasteiger partial charge is 0.233 e. The molecule has 28 heavy (non-hydrogen) atoms. The summed E-state index contributed by atoms with van der Waals surface area (Å²) in [5, 5.41) is 0. The molecule has 0 spiro atoms. The molecule has 0 aromatic heterocycles. The zero-order valence-electron chi connectivity index (χ0n) is 17.2. The minimum absolute atomic E-state index is 0.402. The van der Waals surface area contributed by atoms with Gasteiger partial charge in [0.05, 0.1) is 11.1 Å². The van der Waals surface area contributed by atoms with Gasteiger partial charge in [0.25, 0.3) is 0 Å². The topological polar surface area (TPSA) is 46.2 Å². The van der Waals surface area contributed by atoms with E-state index in [-0.39, 0.29) is 0 Å². The van der Waals surface area contributed by atoms with Gasteiger partial charge in [-0.25, -0.2) is 0 Å². The van der Waals surface area contributed by atoms with Crippen molar-refractivity contribution in [3.63, 3.8) is 0 Å². The van der Waals surface area contributed by atoms with Gasteiger partial charge in [0, 0.05) is 27.4 Å². The zero-order valence-corrected chi connectivity index (χ0v) is 17.2. The SMILES string of the molecule is CCOC.CCc1cccc2c1OC1OC2Oc2c(CCCOC)cccc21. The first-order valence-corrected chi connectivity index (χ1v) is 9.93. The first-order valence-electron chi connectivity index (χ1n) is 9.93. The number of hydrogen-bond donors (Lipinski definition) is 0. The second kappa shape index (κ2) is 9.92. The lowest BCUT2D eigenvalue weighted by atomic mass is 10.00. The Morgan fingerprint density at radius 3 is 1.93 bits per heavy atom. The van der Waals surface area contributed by atoms with Gasteiger partial charge in [0.1, 0.15) is 11.5 Å². The Labute approximate surface area is 167 Å². The van der Waals surface area contributed by atoms with E-state index in [1.54, 1.807) is 14.2 Å². The Hall–Kier alpha value is -2.08. The van der Waals surface area contributed by atoms with E-state index in [1.165, 1.54) is 11.1 Å². The molecule has 5 nitrogen and oxygen atoms in total. The molecule has 0 N–H and O–H groups in total. The maximum Gasteiger partial charge on any atom is 0.233 e. The highest BCUT2D eigenvalue weighted by molar-refractivity contribution is 5.49. The number of hydrogen-bond acceptors (Lipinski definition) is 5. The average Bonchev–Trinajstić information content (AvgIpc) is 2.74. The fourth-order valence-electron chi connectivity index (χ4n) is 3.41. The van der Waals surface area contributed by atoms with E-state index in [4.69, 9.17) is 18.9 Å². The van der Waals surface area contributed by atoms with Gasteiger partial charge in [-0.3, -0.25) is 4.74 Å². The molecule has 0 aliphatic carbocycles. The summed E-state index contributed by atoms with van der Waals surface area (Å²) < 4.78 is 28.1. The Bertz CT molecular complexity index is 772. The van der Waals surface area contributed by atoms with E-state index in [2.05, 4.69) is 23.8 Å². The third-order valence-corrected chi connectivity index (χ3v) is 4.92. The van der Waals surface area contributed by atoms with Crippen molar-refractivity contribution >= 4 is 0 Å². The lowest BCUT2D eigenvalue weighted by Gasteiger charge is -2.39. The van der Waals surface area contributed by atoms with Crippen molar-refractivity contribution < 1.29 is 23.7 Å². The van der Waals surface area contributed by atoms with Crippen molar-refractivity contribution in [3.8, 4) is 11.5 Å². The average molecular weight is 386 g/mol. The van der Waals surface area contributed by atoms with Crippen LogP contribution in [0.5, 0.6) is 11.5 Å². The Morgan fingerprint density at radius 2 is 1.39 bits per heavy atom. The predicted octanol–water partition coefficient (Wildman–Crippen LogP) is 4.98. The van der Waals surface area contributed by atoms with Crippen LogP contribution in [-0.2, 0) is 27.1 Å². The van der Waals surface area contributed by atoms with Crippen LogP contribution < -0.4 is 9.47 Å². The van der Waals surface area contributed by atoms with Gasteiger partial charge in [0.15, 0.2) is 0 Å². The number of rotatable bonds is 6. The highest BCUT2D eigenvalue weighted by atomic mass is 16.8. The van der Waals surface area contributed by atoms with Crippen LogP contribution in [0, 0.1) is 0 Å². The second-order valence-corrected chi connectivity index (χ2v) is 6.73. The number of para-hydroxylation sites is 2. The van der Waals surface area contributed by atoms with E-state index >= 15 is 0 Å². The van der Waals surface area contributed by atoms with Crippen LogP contribution in [0.2, 0.25) is 0 Å². The molecule has 0 amide bonds. The van der Waals surface area contributed by atoms with Gasteiger partial charge in [-0.05, 0) is 49.4 Å². The number of benzene rings is 2. The molecule has 2 bridgehead atoms. The van der Waals surface area contributed by atoms with Gasteiger partial charge in [-0.15, -0.1) is 0 Å². The number of fused-ring (bicyclic) bond motifs is 6. The summed E-state index contributed by atoms with van der Waals surface area (Å²) in [6.07, 6.45) is 2.00. The molecule has 2 aliphatic heterocycles. The van der Waals surface area contributed by atoms with Crippen molar-refractivity contribution in [1.29, 1.82) is 0 Å². The standard InChI is InChI=1S/C20H22O4.C3H8O/c1-3-13-7-4-10-15-17(13)22-20-16-11-5-8-14(9-6-12-21-2)18(16)23-19(15)24-20;1-3-4-2/h4-5,7-8,10-11,19-20H,3,6,9,12H2,1-2H3;3H2,1-2H3. The minimum atomic E-state index is -0.402. The maximum atomic E-state index is 6.25. The third-order valence-electron chi connectivity index (χ3n) is 4.92. The van der Waals surface area contributed by atoms with Crippen LogP contribution in [0.25, 0.3) is 0 Å². The van der Waals surface area contributed by atoms with Crippen molar-refractivity contribution in [2.75, 3.05) is 27.4 Å². The van der Waals surface area contributed by atoms with Gasteiger partial charge in [-0.1, -0.05) is 31.2 Å². The number of aryl methyl sites for hydroxylation is 2.